The van der Waals surface area contributed by atoms with E-state index in [2.05, 4.69) is 36.2 Å². The molecule has 3 heterocycles. The smallest absolute Gasteiger partial charge is 0.234 e. The zero-order chi connectivity index (χ0) is 21.9. The summed E-state index contributed by atoms with van der Waals surface area (Å²) in [6.45, 7) is 2.55. The van der Waals surface area contributed by atoms with Crippen molar-refractivity contribution in [1.29, 1.82) is 0 Å². The van der Waals surface area contributed by atoms with E-state index in [0.717, 1.165) is 27.5 Å². The zero-order valence-electron chi connectivity index (χ0n) is 17.7. The molecule has 0 fully saturated rings. The van der Waals surface area contributed by atoms with E-state index >= 15 is 0 Å². The third kappa shape index (κ3) is 4.18. The third-order valence-electron chi connectivity index (χ3n) is 5.37. The number of anilines is 1. The Morgan fingerprint density at radius 1 is 1.00 bits per heavy atom. The lowest BCUT2D eigenvalue weighted by Crippen LogP contribution is -2.32. The highest BCUT2D eigenvalue weighted by Gasteiger charge is 2.20. The van der Waals surface area contributed by atoms with Gasteiger partial charge in [0.15, 0.2) is 4.96 Å². The standard InChI is InChI=1S/C26H22N4OS/c1-19-10-12-21(13-11-19)23-17-29-22(18-32-26(29)28-23)15-25(31)30(24-9-5-6-14-27-24)16-20-7-3-2-4-8-20/h2-14,17-18H,15-16H2,1H3. The van der Waals surface area contributed by atoms with Crippen molar-refractivity contribution in [2.75, 3.05) is 4.90 Å². The number of nitrogens with zero attached hydrogens (tertiary/aromatic N) is 4. The first kappa shape index (κ1) is 20.2. The molecule has 2 aromatic carbocycles. The second-order valence-corrected chi connectivity index (χ2v) is 8.54. The first-order valence-corrected chi connectivity index (χ1v) is 11.3. The fourth-order valence-corrected chi connectivity index (χ4v) is 4.52. The van der Waals surface area contributed by atoms with Gasteiger partial charge in [-0.3, -0.25) is 14.1 Å². The lowest BCUT2D eigenvalue weighted by atomic mass is 10.1. The lowest BCUT2D eigenvalue weighted by Gasteiger charge is -2.22. The number of aromatic nitrogens is 3. The highest BCUT2D eigenvalue weighted by atomic mass is 32.1. The quantitative estimate of drug-likeness (QED) is 0.350. The fraction of sp³-hybridized carbons (Fsp3) is 0.115. The number of aryl methyl sites for hydroxylation is 1. The van der Waals surface area contributed by atoms with Crippen LogP contribution < -0.4 is 4.90 Å². The van der Waals surface area contributed by atoms with E-state index in [1.54, 1.807) is 22.4 Å². The molecule has 0 aliphatic heterocycles. The van der Waals surface area contributed by atoms with Gasteiger partial charge in [-0.1, -0.05) is 66.2 Å². The van der Waals surface area contributed by atoms with Gasteiger partial charge in [-0.2, -0.15) is 0 Å². The van der Waals surface area contributed by atoms with Crippen molar-refractivity contribution in [1.82, 2.24) is 14.4 Å². The van der Waals surface area contributed by atoms with Gasteiger partial charge in [0.05, 0.1) is 18.7 Å². The Morgan fingerprint density at radius 3 is 2.53 bits per heavy atom. The van der Waals surface area contributed by atoms with Crippen LogP contribution in [0.3, 0.4) is 0 Å². The van der Waals surface area contributed by atoms with Crippen molar-refractivity contribution in [2.45, 2.75) is 19.9 Å². The van der Waals surface area contributed by atoms with Crippen molar-refractivity contribution in [3.05, 3.63) is 107 Å². The molecule has 0 bridgehead atoms. The number of thiazole rings is 1. The molecular formula is C26H22N4OS. The number of pyridine rings is 1. The van der Waals surface area contributed by atoms with Gasteiger partial charge in [0, 0.05) is 29.0 Å². The number of fused-ring (bicyclic) bond motifs is 1. The molecule has 5 aromatic rings. The molecule has 5 rings (SSSR count). The van der Waals surface area contributed by atoms with Crippen molar-refractivity contribution >= 4 is 28.0 Å². The normalized spacial score (nSPS) is 11.0. The molecule has 158 valence electrons. The van der Waals surface area contributed by atoms with E-state index in [0.29, 0.717) is 12.4 Å². The first-order chi connectivity index (χ1) is 15.7. The molecule has 0 atom stereocenters. The number of carbonyl (C=O) groups is 1. The number of hydrogen-bond acceptors (Lipinski definition) is 4. The molecule has 0 aliphatic carbocycles. The Morgan fingerprint density at radius 2 is 1.78 bits per heavy atom. The number of carbonyl (C=O) groups excluding carboxylic acids is 1. The minimum Gasteiger partial charge on any atom is -0.294 e. The summed E-state index contributed by atoms with van der Waals surface area (Å²) in [4.78, 5) is 25.2. The van der Waals surface area contributed by atoms with Crippen LogP contribution in [0.4, 0.5) is 5.82 Å². The topological polar surface area (TPSA) is 50.5 Å². The Bertz CT molecular complexity index is 1340. The van der Waals surface area contributed by atoms with Crippen LogP contribution in [0.1, 0.15) is 16.8 Å². The van der Waals surface area contributed by atoms with E-state index in [1.165, 1.54) is 5.56 Å². The maximum atomic E-state index is 13.4. The summed E-state index contributed by atoms with van der Waals surface area (Å²) in [5.41, 5.74) is 5.19. The van der Waals surface area contributed by atoms with E-state index in [4.69, 9.17) is 4.98 Å². The van der Waals surface area contributed by atoms with Gasteiger partial charge in [-0.05, 0) is 24.6 Å². The van der Waals surface area contributed by atoms with Gasteiger partial charge in [0.2, 0.25) is 5.91 Å². The molecule has 0 N–H and O–H groups in total. The second kappa shape index (κ2) is 8.77. The molecule has 6 heteroatoms. The molecule has 0 unspecified atom stereocenters. The molecule has 32 heavy (non-hydrogen) atoms. The summed E-state index contributed by atoms with van der Waals surface area (Å²) in [7, 11) is 0. The average Bonchev–Trinajstić information content (AvgIpc) is 3.41. The zero-order valence-corrected chi connectivity index (χ0v) is 18.5. The number of rotatable bonds is 6. The van der Waals surface area contributed by atoms with Crippen molar-refractivity contribution < 1.29 is 4.79 Å². The minimum atomic E-state index is -0.00200. The summed E-state index contributed by atoms with van der Waals surface area (Å²) < 4.78 is 2.02. The van der Waals surface area contributed by atoms with Crippen LogP contribution in [0.2, 0.25) is 0 Å². The van der Waals surface area contributed by atoms with Gasteiger partial charge < -0.3 is 0 Å². The van der Waals surface area contributed by atoms with Gasteiger partial charge in [-0.15, -0.1) is 11.3 Å². The fourth-order valence-electron chi connectivity index (χ4n) is 3.65. The summed E-state index contributed by atoms with van der Waals surface area (Å²) in [5, 5.41) is 2.01. The molecular weight excluding hydrogens is 416 g/mol. The number of amides is 1. The van der Waals surface area contributed by atoms with Crippen molar-refractivity contribution in [3.8, 4) is 11.3 Å². The largest absolute Gasteiger partial charge is 0.294 e. The molecule has 0 saturated carbocycles. The predicted octanol–water partition coefficient (Wildman–Crippen LogP) is 5.54. The molecule has 0 aliphatic rings. The molecule has 5 nitrogen and oxygen atoms in total. The van der Waals surface area contributed by atoms with E-state index in [-0.39, 0.29) is 12.3 Å². The minimum absolute atomic E-state index is 0.00200. The van der Waals surface area contributed by atoms with Crippen LogP contribution >= 0.6 is 11.3 Å². The molecule has 0 spiro atoms. The van der Waals surface area contributed by atoms with E-state index in [1.807, 2.05) is 64.5 Å². The van der Waals surface area contributed by atoms with Crippen molar-refractivity contribution in [2.24, 2.45) is 0 Å². The maximum absolute atomic E-state index is 13.4. The van der Waals surface area contributed by atoms with Gasteiger partial charge >= 0.3 is 0 Å². The first-order valence-electron chi connectivity index (χ1n) is 10.5. The van der Waals surface area contributed by atoms with Crippen LogP contribution in [0.5, 0.6) is 0 Å². The Hall–Kier alpha value is -3.77. The number of imidazole rings is 1. The Balaban J connectivity index is 1.43. The number of hydrogen-bond donors (Lipinski definition) is 0. The second-order valence-electron chi connectivity index (χ2n) is 7.70. The summed E-state index contributed by atoms with van der Waals surface area (Å²) >= 11 is 1.55. The average molecular weight is 439 g/mol. The number of benzene rings is 2. The molecule has 0 saturated heterocycles. The summed E-state index contributed by atoms with van der Waals surface area (Å²) in [5.74, 6) is 0.650. The lowest BCUT2D eigenvalue weighted by molar-refractivity contribution is -0.118. The Labute approximate surface area is 190 Å². The van der Waals surface area contributed by atoms with Gasteiger partial charge in [-0.25, -0.2) is 9.97 Å². The summed E-state index contributed by atoms with van der Waals surface area (Å²) in [6.07, 6.45) is 4.00. The van der Waals surface area contributed by atoms with E-state index in [9.17, 15) is 4.79 Å². The van der Waals surface area contributed by atoms with Crippen LogP contribution in [-0.4, -0.2) is 20.3 Å². The molecule has 0 radical (unpaired) electrons. The maximum Gasteiger partial charge on any atom is 0.234 e. The highest BCUT2D eigenvalue weighted by molar-refractivity contribution is 7.15. The third-order valence-corrected chi connectivity index (χ3v) is 6.26. The molecule has 3 aromatic heterocycles. The highest BCUT2D eigenvalue weighted by Crippen LogP contribution is 2.25. The van der Waals surface area contributed by atoms with Crippen LogP contribution in [-0.2, 0) is 17.8 Å². The summed E-state index contributed by atoms with van der Waals surface area (Å²) in [6, 6.07) is 23.9. The van der Waals surface area contributed by atoms with Gasteiger partial charge in [0.25, 0.3) is 0 Å². The van der Waals surface area contributed by atoms with Crippen LogP contribution in [0.15, 0.2) is 90.6 Å². The van der Waals surface area contributed by atoms with Crippen LogP contribution in [0, 0.1) is 6.92 Å². The molecule has 1 amide bonds. The predicted molar refractivity (Wildman–Crippen MR) is 129 cm³/mol. The van der Waals surface area contributed by atoms with Crippen molar-refractivity contribution in [3.63, 3.8) is 0 Å². The van der Waals surface area contributed by atoms with Gasteiger partial charge in [0.1, 0.15) is 5.82 Å². The van der Waals surface area contributed by atoms with Crippen LogP contribution in [0.25, 0.3) is 16.2 Å². The SMILES string of the molecule is Cc1ccc(-c2cn3c(CC(=O)N(Cc4ccccc4)c4ccccn4)csc3n2)cc1. The van der Waals surface area contributed by atoms with E-state index < -0.39 is 0 Å². The monoisotopic (exact) mass is 438 g/mol. The Kier molecular flexibility index (Phi) is 5.52.